The number of hydrogen-bond acceptors (Lipinski definition) is 2. The molecule has 0 radical (unpaired) electrons. The van der Waals surface area contributed by atoms with E-state index >= 15 is 0 Å². The van der Waals surface area contributed by atoms with E-state index in [1.165, 1.54) is 11.9 Å². The molecule has 0 saturated carbocycles. The maximum absolute atomic E-state index is 12.4. The number of benzene rings is 2. The van der Waals surface area contributed by atoms with Crippen LogP contribution in [0.1, 0.15) is 27.5 Å². The molecule has 0 fully saturated rings. The van der Waals surface area contributed by atoms with Crippen LogP contribution in [0, 0.1) is 6.92 Å². The highest BCUT2D eigenvalue weighted by molar-refractivity contribution is 5.96. The minimum atomic E-state index is -1.05. The van der Waals surface area contributed by atoms with Gasteiger partial charge in [0, 0.05) is 12.6 Å². The largest absolute Gasteiger partial charge is 0.479 e. The molecular weight excluding hydrogens is 266 g/mol. The number of rotatable bonds is 4. The Bertz CT molecular complexity index is 635. The van der Waals surface area contributed by atoms with Crippen molar-refractivity contribution >= 4 is 11.9 Å². The number of carbonyl (C=O) groups excluding carboxylic acids is 1. The Morgan fingerprint density at radius 1 is 1.00 bits per heavy atom. The molecule has 1 atom stereocenters. The van der Waals surface area contributed by atoms with Crippen molar-refractivity contribution in [1.82, 2.24) is 4.90 Å². The first kappa shape index (κ1) is 14.8. The Labute approximate surface area is 123 Å². The van der Waals surface area contributed by atoms with Gasteiger partial charge in [-0.05, 0) is 24.6 Å². The van der Waals surface area contributed by atoms with E-state index in [1.807, 2.05) is 25.1 Å². The van der Waals surface area contributed by atoms with Crippen molar-refractivity contribution in [2.75, 3.05) is 7.05 Å². The van der Waals surface area contributed by atoms with Crippen LogP contribution in [0.25, 0.3) is 0 Å². The summed E-state index contributed by atoms with van der Waals surface area (Å²) >= 11 is 0. The highest BCUT2D eigenvalue weighted by atomic mass is 16.4. The lowest BCUT2D eigenvalue weighted by molar-refractivity contribution is -0.142. The van der Waals surface area contributed by atoms with Gasteiger partial charge in [-0.25, -0.2) is 4.79 Å². The fourth-order valence-corrected chi connectivity index (χ4v) is 2.18. The van der Waals surface area contributed by atoms with Crippen LogP contribution >= 0.6 is 0 Å². The van der Waals surface area contributed by atoms with Gasteiger partial charge in [0.05, 0.1) is 0 Å². The van der Waals surface area contributed by atoms with E-state index in [0.29, 0.717) is 11.1 Å². The first-order valence-electron chi connectivity index (χ1n) is 6.62. The predicted molar refractivity (Wildman–Crippen MR) is 80.1 cm³/mol. The van der Waals surface area contributed by atoms with Crippen LogP contribution in [0.4, 0.5) is 0 Å². The maximum Gasteiger partial charge on any atom is 0.331 e. The summed E-state index contributed by atoms with van der Waals surface area (Å²) in [7, 11) is 1.51. The van der Waals surface area contributed by atoms with Crippen molar-refractivity contribution in [1.29, 1.82) is 0 Å². The number of amides is 1. The van der Waals surface area contributed by atoms with Gasteiger partial charge in [-0.1, -0.05) is 48.0 Å². The van der Waals surface area contributed by atoms with E-state index in [9.17, 15) is 14.7 Å². The molecule has 0 aliphatic heterocycles. The Morgan fingerprint density at radius 3 is 2.10 bits per heavy atom. The zero-order valence-electron chi connectivity index (χ0n) is 12.0. The molecule has 0 saturated heterocycles. The minimum absolute atomic E-state index is 0.314. The number of aryl methyl sites for hydroxylation is 1. The van der Waals surface area contributed by atoms with Gasteiger partial charge < -0.3 is 10.0 Å². The normalized spacial score (nSPS) is 11.7. The maximum atomic E-state index is 12.4. The van der Waals surface area contributed by atoms with Gasteiger partial charge in [0.2, 0.25) is 0 Å². The van der Waals surface area contributed by atoms with Gasteiger partial charge in [-0.15, -0.1) is 0 Å². The second kappa shape index (κ2) is 6.22. The molecule has 0 spiro atoms. The number of carboxylic acids is 1. The van der Waals surface area contributed by atoms with Crippen molar-refractivity contribution in [2.45, 2.75) is 13.0 Å². The van der Waals surface area contributed by atoms with E-state index in [1.54, 1.807) is 36.4 Å². The van der Waals surface area contributed by atoms with Crippen LogP contribution in [0.3, 0.4) is 0 Å². The summed E-state index contributed by atoms with van der Waals surface area (Å²) in [5.41, 5.74) is 2.10. The molecule has 4 heteroatoms. The third-order valence-electron chi connectivity index (χ3n) is 3.36. The Balaban J connectivity index is 2.31. The number of nitrogens with zero attached hydrogens (tertiary/aromatic N) is 1. The Hall–Kier alpha value is -2.62. The highest BCUT2D eigenvalue weighted by Crippen LogP contribution is 2.21. The molecule has 0 aliphatic rings. The van der Waals surface area contributed by atoms with Crippen molar-refractivity contribution in [3.8, 4) is 0 Å². The molecular formula is C17H17NO3. The first-order chi connectivity index (χ1) is 10.0. The van der Waals surface area contributed by atoms with Crippen LogP contribution in [-0.2, 0) is 4.79 Å². The number of likely N-dealkylation sites (N-methyl/N-ethyl adjacent to an activating group) is 1. The molecule has 0 aromatic heterocycles. The second-order valence-electron chi connectivity index (χ2n) is 4.93. The van der Waals surface area contributed by atoms with Gasteiger partial charge in [0.15, 0.2) is 6.04 Å². The van der Waals surface area contributed by atoms with E-state index < -0.39 is 12.0 Å². The summed E-state index contributed by atoms with van der Waals surface area (Å²) in [5.74, 6) is -1.37. The van der Waals surface area contributed by atoms with E-state index in [0.717, 1.165) is 5.56 Å². The lowest BCUT2D eigenvalue weighted by atomic mass is 10.0. The van der Waals surface area contributed by atoms with Crippen LogP contribution in [0.5, 0.6) is 0 Å². The molecule has 0 aliphatic carbocycles. The lowest BCUT2D eigenvalue weighted by Crippen LogP contribution is -2.35. The molecule has 2 rings (SSSR count). The molecule has 1 N–H and O–H groups in total. The number of carbonyl (C=O) groups is 2. The molecule has 1 amide bonds. The van der Waals surface area contributed by atoms with Crippen LogP contribution < -0.4 is 0 Å². The van der Waals surface area contributed by atoms with Gasteiger partial charge >= 0.3 is 5.97 Å². The van der Waals surface area contributed by atoms with Gasteiger partial charge in [-0.3, -0.25) is 4.79 Å². The SMILES string of the molecule is Cc1ccc(C(=O)N(C)C(C(=O)O)c2ccccc2)cc1. The summed E-state index contributed by atoms with van der Waals surface area (Å²) < 4.78 is 0. The van der Waals surface area contributed by atoms with Crippen LogP contribution in [0.2, 0.25) is 0 Å². The number of carboxylic acid groups (broad SMARTS) is 1. The smallest absolute Gasteiger partial charge is 0.331 e. The first-order valence-corrected chi connectivity index (χ1v) is 6.62. The predicted octanol–water partition coefficient (Wildman–Crippen LogP) is 2.89. The molecule has 1 unspecified atom stereocenters. The minimum Gasteiger partial charge on any atom is -0.479 e. The third-order valence-corrected chi connectivity index (χ3v) is 3.36. The summed E-state index contributed by atoms with van der Waals surface area (Å²) in [4.78, 5) is 25.2. The Kier molecular flexibility index (Phi) is 4.38. The molecule has 2 aromatic carbocycles. The molecule has 0 heterocycles. The molecule has 2 aromatic rings. The average molecular weight is 283 g/mol. The standard InChI is InChI=1S/C17H17NO3/c1-12-8-10-14(11-9-12)16(19)18(2)15(17(20)21)13-6-4-3-5-7-13/h3-11,15H,1-2H3,(H,20,21). The summed E-state index contributed by atoms with van der Waals surface area (Å²) in [6.45, 7) is 1.93. The second-order valence-corrected chi connectivity index (χ2v) is 4.93. The van der Waals surface area contributed by atoms with Crippen molar-refractivity contribution in [3.05, 3.63) is 71.3 Å². The summed E-state index contributed by atoms with van der Waals surface area (Å²) in [6, 6.07) is 14.8. The molecule has 4 nitrogen and oxygen atoms in total. The van der Waals surface area contributed by atoms with Crippen molar-refractivity contribution < 1.29 is 14.7 Å². The lowest BCUT2D eigenvalue weighted by Gasteiger charge is -2.25. The highest BCUT2D eigenvalue weighted by Gasteiger charge is 2.28. The fraction of sp³-hybridized carbons (Fsp3) is 0.176. The Morgan fingerprint density at radius 2 is 1.57 bits per heavy atom. The third kappa shape index (κ3) is 3.28. The van der Waals surface area contributed by atoms with Gasteiger partial charge in [-0.2, -0.15) is 0 Å². The van der Waals surface area contributed by atoms with Crippen LogP contribution in [0.15, 0.2) is 54.6 Å². The summed E-state index contributed by atoms with van der Waals surface area (Å²) in [6.07, 6.45) is 0. The molecule has 21 heavy (non-hydrogen) atoms. The monoisotopic (exact) mass is 283 g/mol. The number of aliphatic carboxylic acids is 1. The fourth-order valence-electron chi connectivity index (χ4n) is 2.18. The topological polar surface area (TPSA) is 57.6 Å². The summed E-state index contributed by atoms with van der Waals surface area (Å²) in [5, 5.41) is 9.44. The van der Waals surface area contributed by atoms with E-state index in [2.05, 4.69) is 0 Å². The molecule has 108 valence electrons. The average Bonchev–Trinajstić information content (AvgIpc) is 2.48. The number of hydrogen-bond donors (Lipinski definition) is 1. The quantitative estimate of drug-likeness (QED) is 0.938. The van der Waals surface area contributed by atoms with Crippen molar-refractivity contribution in [3.63, 3.8) is 0 Å². The zero-order valence-corrected chi connectivity index (χ0v) is 12.0. The van der Waals surface area contributed by atoms with E-state index in [4.69, 9.17) is 0 Å². The van der Waals surface area contributed by atoms with Gasteiger partial charge in [0.1, 0.15) is 0 Å². The van der Waals surface area contributed by atoms with Crippen LogP contribution in [-0.4, -0.2) is 28.9 Å². The van der Waals surface area contributed by atoms with Crippen molar-refractivity contribution in [2.24, 2.45) is 0 Å². The molecule has 0 bridgehead atoms. The zero-order chi connectivity index (χ0) is 15.4. The van der Waals surface area contributed by atoms with E-state index in [-0.39, 0.29) is 5.91 Å². The van der Waals surface area contributed by atoms with Gasteiger partial charge in [0.25, 0.3) is 5.91 Å².